The molecule has 15 heteroatoms. The third-order valence-electron chi connectivity index (χ3n) is 1.37. The second kappa shape index (κ2) is 3.75. The molecular formula is C2H3F3O9S3. The molecule has 0 aliphatic carbocycles. The van der Waals surface area contributed by atoms with Gasteiger partial charge in [-0.05, 0) is 0 Å². The van der Waals surface area contributed by atoms with Crippen LogP contribution in [-0.2, 0) is 30.4 Å². The van der Waals surface area contributed by atoms with Crippen molar-refractivity contribution in [3.05, 3.63) is 0 Å². The van der Waals surface area contributed by atoms with E-state index in [9.17, 15) is 38.4 Å². The molecule has 0 saturated carbocycles. The Labute approximate surface area is 92.5 Å². The summed E-state index contributed by atoms with van der Waals surface area (Å²) in [7, 11) is -21.0. The van der Waals surface area contributed by atoms with Gasteiger partial charge in [-0.2, -0.15) is 38.4 Å². The van der Waals surface area contributed by atoms with Gasteiger partial charge >= 0.3 is 39.9 Å². The molecule has 0 aromatic heterocycles. The summed E-state index contributed by atoms with van der Waals surface area (Å²) in [4.78, 5) is 0. The van der Waals surface area contributed by atoms with Crippen LogP contribution < -0.4 is 0 Å². The molecule has 0 saturated heterocycles. The maximum atomic E-state index is 12.2. The Morgan fingerprint density at radius 1 is 0.647 bits per heavy atom. The molecule has 3 N–H and O–H groups in total. The van der Waals surface area contributed by atoms with Crippen LogP contribution in [0.5, 0.6) is 0 Å². The quantitative estimate of drug-likeness (QED) is 0.545. The van der Waals surface area contributed by atoms with Crippen molar-refractivity contribution in [3.8, 4) is 0 Å². The standard InChI is InChI=1S/C2H3F3O9S3/c3-1(4,5)2(15(6,7)8,16(9,10)11)17(12,13)14/h(H,6,7,8)(H,9,10,11)(H,12,13,14). The molecule has 0 aromatic carbocycles. The van der Waals surface area contributed by atoms with Gasteiger partial charge in [-0.3, -0.25) is 13.7 Å². The molecule has 0 rings (SSSR count). The highest BCUT2D eigenvalue weighted by Crippen LogP contribution is 2.44. The first kappa shape index (κ1) is 16.5. The molecule has 0 bridgehead atoms. The fourth-order valence-corrected chi connectivity index (χ4v) is 4.91. The lowest BCUT2D eigenvalue weighted by Crippen LogP contribution is -2.62. The van der Waals surface area contributed by atoms with E-state index < -0.39 is 39.9 Å². The lowest BCUT2D eigenvalue weighted by molar-refractivity contribution is -0.127. The summed E-state index contributed by atoms with van der Waals surface area (Å²) in [5, 5.41) is 0. The molecule has 0 atom stereocenters. The zero-order valence-electron chi connectivity index (χ0n) is 7.15. The van der Waals surface area contributed by atoms with Gasteiger partial charge in [-0.15, -0.1) is 0 Å². The van der Waals surface area contributed by atoms with Crippen LogP contribution in [-0.4, -0.2) is 48.5 Å². The van der Waals surface area contributed by atoms with Crippen LogP contribution in [0.15, 0.2) is 0 Å². The smallest absolute Gasteiger partial charge is 0.283 e. The van der Waals surface area contributed by atoms with Crippen LogP contribution in [0.25, 0.3) is 0 Å². The van der Waals surface area contributed by atoms with Crippen LogP contribution in [0, 0.1) is 0 Å². The number of hydrogen-bond donors (Lipinski definition) is 3. The van der Waals surface area contributed by atoms with E-state index in [0.29, 0.717) is 0 Å². The van der Waals surface area contributed by atoms with Gasteiger partial charge < -0.3 is 0 Å². The number of halogens is 3. The minimum absolute atomic E-state index is 6.17. The van der Waals surface area contributed by atoms with Crippen LogP contribution in [0.1, 0.15) is 0 Å². The predicted octanol–water partition coefficient (Wildman–Crippen LogP) is -1.13. The van der Waals surface area contributed by atoms with Crippen molar-refractivity contribution in [2.45, 2.75) is 9.59 Å². The fourth-order valence-electron chi connectivity index (χ4n) is 0.838. The molecule has 0 fully saturated rings. The first-order valence-electron chi connectivity index (χ1n) is 2.98. The molecule has 0 amide bonds. The zero-order chi connectivity index (χ0) is 14.5. The van der Waals surface area contributed by atoms with Crippen molar-refractivity contribution in [2.75, 3.05) is 0 Å². The maximum absolute atomic E-state index is 12.2. The molecule has 0 radical (unpaired) electrons. The number of rotatable bonds is 3. The SMILES string of the molecule is O=S(=O)(O)C(C(F)(F)F)(S(=O)(=O)O)S(=O)(=O)O. The van der Waals surface area contributed by atoms with E-state index in [0.717, 1.165) is 0 Å². The molecule has 0 aliphatic rings. The van der Waals surface area contributed by atoms with Gasteiger partial charge in [0.2, 0.25) is 0 Å². The first-order valence-corrected chi connectivity index (χ1v) is 7.30. The lowest BCUT2D eigenvalue weighted by Gasteiger charge is -2.25. The molecule has 104 valence electrons. The van der Waals surface area contributed by atoms with Gasteiger partial charge in [0.25, 0.3) is 0 Å². The summed E-state index contributed by atoms with van der Waals surface area (Å²) in [6.07, 6.45) is -6.75. The minimum atomic E-state index is -7.00. The van der Waals surface area contributed by atoms with Crippen molar-refractivity contribution >= 4 is 30.4 Å². The Bertz CT molecular complexity index is 526. The molecule has 17 heavy (non-hydrogen) atoms. The Hall–Kier alpha value is -0.480. The van der Waals surface area contributed by atoms with Crippen LogP contribution in [0.4, 0.5) is 13.2 Å². The van der Waals surface area contributed by atoms with Gasteiger partial charge in [-0.1, -0.05) is 0 Å². The number of hydrogen-bond acceptors (Lipinski definition) is 6. The van der Waals surface area contributed by atoms with Crippen molar-refractivity contribution < 1.29 is 52.1 Å². The van der Waals surface area contributed by atoms with Crippen molar-refractivity contribution in [2.24, 2.45) is 0 Å². The van der Waals surface area contributed by atoms with E-state index >= 15 is 0 Å². The summed E-state index contributed by atoms with van der Waals surface area (Å²) >= 11 is 0. The third-order valence-corrected chi connectivity index (χ3v) is 7.89. The molecule has 0 aromatic rings. The highest BCUT2D eigenvalue weighted by Gasteiger charge is 2.81. The van der Waals surface area contributed by atoms with Gasteiger partial charge in [0, 0.05) is 0 Å². The Balaban J connectivity index is 7.10. The highest BCUT2D eigenvalue weighted by molar-refractivity contribution is 8.21. The highest BCUT2D eigenvalue weighted by atomic mass is 32.3. The van der Waals surface area contributed by atoms with Crippen LogP contribution in [0.2, 0.25) is 0 Å². The average Bonchev–Trinajstić information content (AvgIpc) is 1.67. The molecule has 9 nitrogen and oxygen atoms in total. The molecule has 0 heterocycles. The lowest BCUT2D eigenvalue weighted by atomic mass is 10.8. The fraction of sp³-hybridized carbons (Fsp3) is 1.00. The summed E-state index contributed by atoms with van der Waals surface area (Å²) in [6, 6.07) is 0. The van der Waals surface area contributed by atoms with Crippen LogP contribution in [0.3, 0.4) is 0 Å². The van der Waals surface area contributed by atoms with E-state index in [4.69, 9.17) is 13.7 Å². The van der Waals surface area contributed by atoms with Crippen molar-refractivity contribution in [3.63, 3.8) is 0 Å². The van der Waals surface area contributed by atoms with Crippen molar-refractivity contribution in [1.29, 1.82) is 0 Å². The summed E-state index contributed by atoms with van der Waals surface area (Å²) in [5.74, 6) is 0. The van der Waals surface area contributed by atoms with Gasteiger partial charge in [0.05, 0.1) is 0 Å². The van der Waals surface area contributed by atoms with E-state index in [2.05, 4.69) is 0 Å². The zero-order valence-corrected chi connectivity index (χ0v) is 9.60. The van der Waals surface area contributed by atoms with E-state index in [1.54, 1.807) is 0 Å². The monoisotopic (exact) mass is 324 g/mol. The topological polar surface area (TPSA) is 163 Å². The third kappa shape index (κ3) is 2.25. The first-order chi connectivity index (χ1) is 7.00. The maximum Gasteiger partial charge on any atom is 0.444 e. The predicted molar refractivity (Wildman–Crippen MR) is 43.4 cm³/mol. The van der Waals surface area contributed by atoms with E-state index in [1.807, 2.05) is 0 Å². The molecule has 0 unspecified atom stereocenters. The average molecular weight is 324 g/mol. The Morgan fingerprint density at radius 2 is 0.824 bits per heavy atom. The van der Waals surface area contributed by atoms with Crippen LogP contribution >= 0.6 is 0 Å². The second-order valence-electron chi connectivity index (χ2n) is 2.48. The second-order valence-corrected chi connectivity index (χ2v) is 7.94. The molecule has 0 spiro atoms. The van der Waals surface area contributed by atoms with Gasteiger partial charge in [0.15, 0.2) is 0 Å². The minimum Gasteiger partial charge on any atom is -0.283 e. The largest absolute Gasteiger partial charge is 0.444 e. The van der Waals surface area contributed by atoms with E-state index in [1.165, 1.54) is 0 Å². The number of alkyl halides is 3. The summed E-state index contributed by atoms with van der Waals surface area (Å²) in [6.45, 7) is 0. The summed E-state index contributed by atoms with van der Waals surface area (Å²) < 4.78 is 117. The van der Waals surface area contributed by atoms with Gasteiger partial charge in [-0.25, -0.2) is 0 Å². The summed E-state index contributed by atoms with van der Waals surface area (Å²) in [5.41, 5.74) is 0. The molecular weight excluding hydrogens is 321 g/mol. The van der Waals surface area contributed by atoms with E-state index in [-0.39, 0.29) is 0 Å². The van der Waals surface area contributed by atoms with Gasteiger partial charge in [0.1, 0.15) is 0 Å². The molecule has 0 aliphatic heterocycles. The Kier molecular flexibility index (Phi) is 3.65. The normalized spacial score (nSPS) is 15.9. The Morgan fingerprint density at radius 3 is 0.824 bits per heavy atom. The van der Waals surface area contributed by atoms with Crippen molar-refractivity contribution in [1.82, 2.24) is 0 Å².